The van der Waals surface area contributed by atoms with Crippen molar-refractivity contribution < 1.29 is 9.72 Å². The van der Waals surface area contributed by atoms with Crippen LogP contribution in [0, 0.1) is 10.1 Å². The molecule has 140 valence electrons. The van der Waals surface area contributed by atoms with E-state index < -0.39 is 4.92 Å². The number of thiazole rings is 1. The highest BCUT2D eigenvalue weighted by atomic mass is 32.2. The van der Waals surface area contributed by atoms with E-state index in [1.54, 1.807) is 29.5 Å². The van der Waals surface area contributed by atoms with E-state index in [2.05, 4.69) is 15.6 Å². The van der Waals surface area contributed by atoms with E-state index in [0.29, 0.717) is 30.3 Å². The first-order valence-electron chi connectivity index (χ1n) is 8.29. The second-order valence-corrected chi connectivity index (χ2v) is 7.72. The number of nitrogens with one attached hydrogen (secondary N) is 2. The summed E-state index contributed by atoms with van der Waals surface area (Å²) in [6, 6.07) is 14.4. The van der Waals surface area contributed by atoms with Gasteiger partial charge in [0.05, 0.1) is 20.9 Å². The minimum atomic E-state index is -0.431. The SMILES string of the molecule is O=C(CSCc1nc2ccccc2s1)NCCNc1ccccc1[N+](=O)[O-]. The number of thioether (sulfide) groups is 1. The molecule has 3 rings (SSSR count). The highest BCUT2D eigenvalue weighted by Crippen LogP contribution is 2.25. The molecule has 9 heteroatoms. The Morgan fingerprint density at radius 1 is 1.15 bits per heavy atom. The van der Waals surface area contributed by atoms with Crippen LogP contribution in [0.2, 0.25) is 0 Å². The van der Waals surface area contributed by atoms with Crippen LogP contribution in [-0.2, 0) is 10.5 Å². The van der Waals surface area contributed by atoms with Gasteiger partial charge < -0.3 is 10.6 Å². The minimum absolute atomic E-state index is 0.0233. The number of hydrogen-bond donors (Lipinski definition) is 2. The zero-order chi connectivity index (χ0) is 19.1. The number of carbonyl (C=O) groups is 1. The van der Waals surface area contributed by atoms with E-state index in [9.17, 15) is 14.9 Å². The van der Waals surface area contributed by atoms with Gasteiger partial charge in [-0.25, -0.2) is 4.98 Å². The molecule has 2 aromatic carbocycles. The molecule has 0 aliphatic heterocycles. The monoisotopic (exact) mass is 402 g/mol. The van der Waals surface area contributed by atoms with Gasteiger partial charge in [0.25, 0.3) is 5.69 Å². The van der Waals surface area contributed by atoms with Gasteiger partial charge in [-0.3, -0.25) is 14.9 Å². The number of benzene rings is 2. The molecule has 0 unspecified atom stereocenters. The summed E-state index contributed by atoms with van der Waals surface area (Å²) in [7, 11) is 0. The highest BCUT2D eigenvalue weighted by Gasteiger charge is 2.11. The van der Waals surface area contributed by atoms with Crippen LogP contribution in [0.4, 0.5) is 11.4 Å². The van der Waals surface area contributed by atoms with Gasteiger partial charge in [0.1, 0.15) is 10.7 Å². The second kappa shape index (κ2) is 9.33. The smallest absolute Gasteiger partial charge is 0.292 e. The minimum Gasteiger partial charge on any atom is -0.378 e. The molecule has 3 aromatic rings. The number of fused-ring (bicyclic) bond motifs is 1. The van der Waals surface area contributed by atoms with Crippen LogP contribution in [-0.4, -0.2) is 34.7 Å². The molecule has 1 amide bonds. The Balaban J connectivity index is 1.36. The number of nitrogens with zero attached hydrogens (tertiary/aromatic N) is 2. The predicted octanol–water partition coefficient (Wildman–Crippen LogP) is 3.67. The average Bonchev–Trinajstić information content (AvgIpc) is 3.08. The fourth-order valence-electron chi connectivity index (χ4n) is 2.45. The third kappa shape index (κ3) is 5.41. The first-order valence-corrected chi connectivity index (χ1v) is 10.3. The fraction of sp³-hybridized carbons (Fsp3) is 0.222. The van der Waals surface area contributed by atoms with Crippen molar-refractivity contribution >= 4 is 50.6 Å². The van der Waals surface area contributed by atoms with Gasteiger partial charge in [-0.2, -0.15) is 0 Å². The summed E-state index contributed by atoms with van der Waals surface area (Å²) in [5.41, 5.74) is 1.46. The van der Waals surface area contributed by atoms with Crippen molar-refractivity contribution in [2.45, 2.75) is 5.75 Å². The largest absolute Gasteiger partial charge is 0.378 e. The van der Waals surface area contributed by atoms with Crippen molar-refractivity contribution in [2.24, 2.45) is 0 Å². The van der Waals surface area contributed by atoms with Crippen molar-refractivity contribution in [2.75, 3.05) is 24.2 Å². The lowest BCUT2D eigenvalue weighted by atomic mass is 10.2. The summed E-state index contributed by atoms with van der Waals surface area (Å²) in [5.74, 6) is 0.980. The Hall–Kier alpha value is -2.65. The summed E-state index contributed by atoms with van der Waals surface area (Å²) in [4.78, 5) is 27.0. The quantitative estimate of drug-likeness (QED) is 0.322. The van der Waals surface area contributed by atoms with Gasteiger partial charge in [0, 0.05) is 24.9 Å². The third-order valence-corrected chi connectivity index (χ3v) is 5.82. The van der Waals surface area contributed by atoms with E-state index in [4.69, 9.17) is 0 Å². The summed E-state index contributed by atoms with van der Waals surface area (Å²) < 4.78 is 1.15. The molecular formula is C18H18N4O3S2. The number of hydrogen-bond acceptors (Lipinski definition) is 7. The van der Waals surface area contributed by atoms with Crippen molar-refractivity contribution in [1.29, 1.82) is 0 Å². The maximum atomic E-state index is 11.9. The van der Waals surface area contributed by atoms with Crippen LogP contribution in [0.3, 0.4) is 0 Å². The first-order chi connectivity index (χ1) is 13.1. The molecule has 0 aliphatic carbocycles. The van der Waals surface area contributed by atoms with Crippen LogP contribution in [0.15, 0.2) is 48.5 Å². The molecular weight excluding hydrogens is 384 g/mol. The lowest BCUT2D eigenvalue weighted by Crippen LogP contribution is -2.30. The number of nitro groups is 1. The lowest BCUT2D eigenvalue weighted by Gasteiger charge is -2.08. The maximum Gasteiger partial charge on any atom is 0.292 e. The number of nitro benzene ring substituents is 1. The van der Waals surface area contributed by atoms with Crippen LogP contribution < -0.4 is 10.6 Å². The number of para-hydroxylation sites is 3. The fourth-order valence-corrected chi connectivity index (χ4v) is 4.32. The molecule has 1 heterocycles. The van der Waals surface area contributed by atoms with E-state index in [-0.39, 0.29) is 11.6 Å². The highest BCUT2D eigenvalue weighted by molar-refractivity contribution is 7.99. The van der Waals surface area contributed by atoms with Gasteiger partial charge in [-0.05, 0) is 18.2 Å². The molecule has 7 nitrogen and oxygen atoms in total. The molecule has 0 saturated carbocycles. The van der Waals surface area contributed by atoms with E-state index in [1.165, 1.54) is 17.8 Å². The molecule has 2 N–H and O–H groups in total. The molecule has 0 radical (unpaired) electrons. The Kier molecular flexibility index (Phi) is 6.61. The Labute approximate surface area is 164 Å². The maximum absolute atomic E-state index is 11.9. The topological polar surface area (TPSA) is 97.2 Å². The molecule has 0 atom stereocenters. The zero-order valence-electron chi connectivity index (χ0n) is 14.4. The standard InChI is InChI=1S/C18H18N4O3S2/c23-17(11-26-12-18-21-14-6-2-4-8-16(14)27-18)20-10-9-19-13-5-1-3-7-15(13)22(24)25/h1-8,19H,9-12H2,(H,20,23). The van der Waals surface area contributed by atoms with Crippen LogP contribution in [0.5, 0.6) is 0 Å². The number of anilines is 1. The second-order valence-electron chi connectivity index (χ2n) is 5.62. The van der Waals surface area contributed by atoms with Crippen LogP contribution >= 0.6 is 23.1 Å². The number of amides is 1. The summed E-state index contributed by atoms with van der Waals surface area (Å²) in [5, 5.41) is 17.7. The Morgan fingerprint density at radius 2 is 1.93 bits per heavy atom. The van der Waals surface area contributed by atoms with Crippen molar-refractivity contribution in [3.05, 3.63) is 63.7 Å². The number of rotatable bonds is 9. The van der Waals surface area contributed by atoms with Crippen LogP contribution in [0.1, 0.15) is 5.01 Å². The predicted molar refractivity (Wildman–Crippen MR) is 110 cm³/mol. The zero-order valence-corrected chi connectivity index (χ0v) is 16.0. The third-order valence-electron chi connectivity index (χ3n) is 3.66. The molecule has 0 saturated heterocycles. The van der Waals surface area contributed by atoms with Gasteiger partial charge in [-0.1, -0.05) is 24.3 Å². The molecule has 0 fully saturated rings. The number of carbonyl (C=O) groups excluding carboxylic acids is 1. The average molecular weight is 403 g/mol. The first kappa shape index (κ1) is 19.1. The van der Waals surface area contributed by atoms with Crippen molar-refractivity contribution in [3.63, 3.8) is 0 Å². The van der Waals surface area contributed by atoms with Crippen LogP contribution in [0.25, 0.3) is 10.2 Å². The lowest BCUT2D eigenvalue weighted by molar-refractivity contribution is -0.384. The van der Waals surface area contributed by atoms with Crippen molar-refractivity contribution in [1.82, 2.24) is 10.3 Å². The Bertz CT molecular complexity index is 912. The van der Waals surface area contributed by atoms with E-state index in [0.717, 1.165) is 15.2 Å². The van der Waals surface area contributed by atoms with Gasteiger partial charge in [0.2, 0.25) is 5.91 Å². The molecule has 0 aliphatic rings. The molecule has 27 heavy (non-hydrogen) atoms. The Morgan fingerprint density at radius 3 is 2.74 bits per heavy atom. The normalized spacial score (nSPS) is 10.7. The summed E-state index contributed by atoms with van der Waals surface area (Å²) in [6.07, 6.45) is 0. The molecule has 0 bridgehead atoms. The van der Waals surface area contributed by atoms with Gasteiger partial charge in [0.15, 0.2) is 0 Å². The van der Waals surface area contributed by atoms with E-state index in [1.807, 2.05) is 24.3 Å². The van der Waals surface area contributed by atoms with Gasteiger partial charge >= 0.3 is 0 Å². The van der Waals surface area contributed by atoms with Gasteiger partial charge in [-0.15, -0.1) is 23.1 Å². The van der Waals surface area contributed by atoms with Crippen molar-refractivity contribution in [3.8, 4) is 0 Å². The molecule has 1 aromatic heterocycles. The summed E-state index contributed by atoms with van der Waals surface area (Å²) in [6.45, 7) is 0.811. The van der Waals surface area contributed by atoms with E-state index >= 15 is 0 Å². The number of aromatic nitrogens is 1. The summed E-state index contributed by atoms with van der Waals surface area (Å²) >= 11 is 3.16. The molecule has 0 spiro atoms.